The number of ether oxygens (including phenoxy) is 2. The van der Waals surface area contributed by atoms with E-state index in [2.05, 4.69) is 18.9 Å². The van der Waals surface area contributed by atoms with E-state index < -0.39 is 0 Å². The molecule has 1 heterocycles. The van der Waals surface area contributed by atoms with E-state index in [0.29, 0.717) is 12.2 Å². The van der Waals surface area contributed by atoms with E-state index in [1.807, 2.05) is 0 Å². The van der Waals surface area contributed by atoms with Gasteiger partial charge in [-0.15, -0.1) is 0 Å². The quantitative estimate of drug-likeness (QED) is 0.554. The number of epoxide rings is 1. The molecule has 0 radical (unpaired) electrons. The molecule has 1 aliphatic heterocycles. The van der Waals surface area contributed by atoms with Gasteiger partial charge in [-0.3, -0.25) is 0 Å². The van der Waals surface area contributed by atoms with Crippen molar-refractivity contribution in [1.29, 1.82) is 0 Å². The molecular weight excluding hydrogens is 154 g/mol. The molecule has 0 aromatic carbocycles. The summed E-state index contributed by atoms with van der Waals surface area (Å²) in [5.74, 6) is 0. The van der Waals surface area contributed by atoms with Crippen LogP contribution in [0.25, 0.3) is 0 Å². The Balaban J connectivity index is 2.09. The van der Waals surface area contributed by atoms with Gasteiger partial charge < -0.3 is 14.4 Å². The maximum Gasteiger partial charge on any atom is 0.0936 e. The summed E-state index contributed by atoms with van der Waals surface area (Å²) in [6.07, 6.45) is 1.94. The molecule has 0 aliphatic carbocycles. The fourth-order valence-electron chi connectivity index (χ4n) is 1.31. The maximum atomic E-state index is 5.29. The van der Waals surface area contributed by atoms with Crippen molar-refractivity contribution in [3.8, 4) is 0 Å². The Bertz CT molecular complexity index is 122. The lowest BCUT2D eigenvalue weighted by Gasteiger charge is -2.21. The molecule has 0 amide bonds. The number of hydrogen-bond acceptors (Lipinski definition) is 3. The van der Waals surface area contributed by atoms with E-state index >= 15 is 0 Å². The van der Waals surface area contributed by atoms with Crippen LogP contribution in [0, 0.1) is 0 Å². The van der Waals surface area contributed by atoms with Crippen LogP contribution in [0.4, 0.5) is 0 Å². The SMILES string of the molecule is CCC(CN(C)CC1CO1)OC. The van der Waals surface area contributed by atoms with Crippen molar-refractivity contribution in [2.45, 2.75) is 25.6 Å². The molecular formula is C9H19NO2. The Morgan fingerprint density at radius 2 is 2.33 bits per heavy atom. The van der Waals surface area contributed by atoms with Gasteiger partial charge in [0.1, 0.15) is 0 Å². The second kappa shape index (κ2) is 4.80. The van der Waals surface area contributed by atoms with Crippen LogP contribution < -0.4 is 0 Å². The van der Waals surface area contributed by atoms with Gasteiger partial charge in [-0.05, 0) is 13.5 Å². The minimum absolute atomic E-state index is 0.369. The largest absolute Gasteiger partial charge is 0.380 e. The lowest BCUT2D eigenvalue weighted by atomic mass is 10.2. The normalized spacial score (nSPS) is 24.5. The minimum Gasteiger partial charge on any atom is -0.380 e. The number of nitrogens with zero attached hydrogens (tertiary/aromatic N) is 1. The average molecular weight is 173 g/mol. The second-order valence-corrected chi connectivity index (χ2v) is 3.44. The second-order valence-electron chi connectivity index (χ2n) is 3.44. The number of likely N-dealkylation sites (N-methyl/N-ethyl adjacent to an activating group) is 1. The topological polar surface area (TPSA) is 25.0 Å². The molecule has 12 heavy (non-hydrogen) atoms. The molecule has 0 spiro atoms. The molecule has 2 unspecified atom stereocenters. The lowest BCUT2D eigenvalue weighted by molar-refractivity contribution is 0.0673. The maximum absolute atomic E-state index is 5.29. The molecule has 72 valence electrons. The summed E-state index contributed by atoms with van der Waals surface area (Å²) in [5, 5.41) is 0. The molecule has 1 saturated heterocycles. The first kappa shape index (κ1) is 9.96. The van der Waals surface area contributed by atoms with Gasteiger partial charge in [-0.1, -0.05) is 6.92 Å². The molecule has 1 fully saturated rings. The highest BCUT2D eigenvalue weighted by atomic mass is 16.6. The van der Waals surface area contributed by atoms with E-state index in [4.69, 9.17) is 9.47 Å². The first-order valence-corrected chi connectivity index (χ1v) is 4.59. The summed E-state index contributed by atoms with van der Waals surface area (Å²) < 4.78 is 10.4. The van der Waals surface area contributed by atoms with E-state index in [0.717, 1.165) is 26.1 Å². The first-order chi connectivity index (χ1) is 5.76. The van der Waals surface area contributed by atoms with E-state index in [1.165, 1.54) is 0 Å². The molecule has 0 aromatic rings. The fourth-order valence-corrected chi connectivity index (χ4v) is 1.31. The molecule has 3 heteroatoms. The van der Waals surface area contributed by atoms with E-state index in [-0.39, 0.29) is 0 Å². The van der Waals surface area contributed by atoms with Gasteiger partial charge in [-0.2, -0.15) is 0 Å². The van der Waals surface area contributed by atoms with Gasteiger partial charge in [0.05, 0.1) is 18.8 Å². The molecule has 2 atom stereocenters. The predicted molar refractivity (Wildman–Crippen MR) is 48.3 cm³/mol. The molecule has 1 aliphatic rings. The standard InChI is InChI=1S/C9H19NO2/c1-4-8(11-3)5-10(2)6-9-7-12-9/h8-9H,4-7H2,1-3H3. The van der Waals surface area contributed by atoms with Crippen molar-refractivity contribution < 1.29 is 9.47 Å². The van der Waals surface area contributed by atoms with Crippen LogP contribution in [0.15, 0.2) is 0 Å². The van der Waals surface area contributed by atoms with Crippen LogP contribution in [-0.2, 0) is 9.47 Å². The highest BCUT2D eigenvalue weighted by molar-refractivity contribution is 4.74. The minimum atomic E-state index is 0.369. The number of methoxy groups -OCH3 is 1. The molecule has 3 nitrogen and oxygen atoms in total. The third kappa shape index (κ3) is 3.52. The first-order valence-electron chi connectivity index (χ1n) is 4.59. The van der Waals surface area contributed by atoms with Crippen LogP contribution in [0.5, 0.6) is 0 Å². The van der Waals surface area contributed by atoms with Gasteiger partial charge in [0, 0.05) is 20.2 Å². The van der Waals surface area contributed by atoms with Crippen LogP contribution in [0.1, 0.15) is 13.3 Å². The van der Waals surface area contributed by atoms with Crippen molar-refractivity contribution in [1.82, 2.24) is 4.90 Å². The Kier molecular flexibility index (Phi) is 3.98. The van der Waals surface area contributed by atoms with Gasteiger partial charge in [-0.25, -0.2) is 0 Å². The highest BCUT2D eigenvalue weighted by Gasteiger charge is 2.24. The molecule has 0 aromatic heterocycles. The van der Waals surface area contributed by atoms with Crippen LogP contribution in [0.3, 0.4) is 0 Å². The van der Waals surface area contributed by atoms with E-state index in [9.17, 15) is 0 Å². The Morgan fingerprint density at radius 1 is 1.67 bits per heavy atom. The molecule has 0 saturated carbocycles. The van der Waals surface area contributed by atoms with Crippen molar-refractivity contribution >= 4 is 0 Å². The van der Waals surface area contributed by atoms with Gasteiger partial charge in [0.25, 0.3) is 0 Å². The van der Waals surface area contributed by atoms with Crippen molar-refractivity contribution in [3.05, 3.63) is 0 Å². The fraction of sp³-hybridized carbons (Fsp3) is 1.00. The third-order valence-electron chi connectivity index (χ3n) is 2.22. The van der Waals surface area contributed by atoms with Crippen LogP contribution >= 0.6 is 0 Å². The van der Waals surface area contributed by atoms with E-state index in [1.54, 1.807) is 7.11 Å². The zero-order chi connectivity index (χ0) is 8.97. The van der Waals surface area contributed by atoms with Crippen molar-refractivity contribution in [2.24, 2.45) is 0 Å². The van der Waals surface area contributed by atoms with Gasteiger partial charge in [0.15, 0.2) is 0 Å². The van der Waals surface area contributed by atoms with Crippen LogP contribution in [0.2, 0.25) is 0 Å². The molecule has 0 bridgehead atoms. The Morgan fingerprint density at radius 3 is 2.75 bits per heavy atom. The van der Waals surface area contributed by atoms with Gasteiger partial charge in [0.2, 0.25) is 0 Å². The third-order valence-corrected chi connectivity index (χ3v) is 2.22. The summed E-state index contributed by atoms with van der Waals surface area (Å²) in [7, 11) is 3.89. The summed E-state index contributed by atoms with van der Waals surface area (Å²) in [4.78, 5) is 2.27. The molecule has 1 rings (SSSR count). The summed E-state index contributed by atoms with van der Waals surface area (Å²) >= 11 is 0. The predicted octanol–water partition coefficient (Wildman–Crippen LogP) is 0.742. The average Bonchev–Trinajstić information content (AvgIpc) is 2.84. The number of rotatable bonds is 6. The van der Waals surface area contributed by atoms with Crippen molar-refractivity contribution in [3.63, 3.8) is 0 Å². The smallest absolute Gasteiger partial charge is 0.0936 e. The highest BCUT2D eigenvalue weighted by Crippen LogP contribution is 2.10. The Hall–Kier alpha value is -0.120. The lowest BCUT2D eigenvalue weighted by Crippen LogP contribution is -2.32. The summed E-state index contributed by atoms with van der Waals surface area (Å²) in [6.45, 7) is 5.14. The van der Waals surface area contributed by atoms with Crippen LogP contribution in [-0.4, -0.2) is 51.0 Å². The van der Waals surface area contributed by atoms with Crippen molar-refractivity contribution in [2.75, 3.05) is 33.9 Å². The van der Waals surface area contributed by atoms with Gasteiger partial charge >= 0.3 is 0 Å². The Labute approximate surface area is 74.6 Å². The number of hydrogen-bond donors (Lipinski definition) is 0. The summed E-state index contributed by atoms with van der Waals surface area (Å²) in [6, 6.07) is 0. The monoisotopic (exact) mass is 173 g/mol. The summed E-state index contributed by atoms with van der Waals surface area (Å²) in [5.41, 5.74) is 0. The zero-order valence-corrected chi connectivity index (χ0v) is 8.25. The molecule has 0 N–H and O–H groups in total. The zero-order valence-electron chi connectivity index (χ0n) is 8.25.